The van der Waals surface area contributed by atoms with Gasteiger partial charge < -0.3 is 34.5 Å². The number of anilines is 1. The first-order valence-corrected chi connectivity index (χ1v) is 13.1. The lowest BCUT2D eigenvalue weighted by Gasteiger charge is -2.22. The molecule has 42 heavy (non-hydrogen) atoms. The molecule has 0 aliphatic carbocycles. The number of nitrogens with zero attached hydrogens (tertiary/aromatic N) is 2. The summed E-state index contributed by atoms with van der Waals surface area (Å²) in [7, 11) is 2.92. The van der Waals surface area contributed by atoms with Crippen molar-refractivity contribution in [2.24, 2.45) is 0 Å². The van der Waals surface area contributed by atoms with Crippen LogP contribution in [0.2, 0.25) is 0 Å². The number of hydrogen-bond donors (Lipinski definition) is 2. The van der Waals surface area contributed by atoms with E-state index in [1.54, 1.807) is 29.2 Å². The molecule has 1 aromatic heterocycles. The number of nitrogens with one attached hydrogen (secondary N) is 2. The Hall–Kier alpha value is -4.68. The normalized spacial score (nSPS) is 19.1. The molecule has 2 aromatic carbocycles. The number of aromatic nitrogens is 1. The molecule has 2 N–H and O–H groups in total. The van der Waals surface area contributed by atoms with E-state index >= 15 is 0 Å². The van der Waals surface area contributed by atoms with E-state index in [9.17, 15) is 22.8 Å². The smallest absolute Gasteiger partial charge is 0.416 e. The molecule has 0 unspecified atom stereocenters. The van der Waals surface area contributed by atoms with Gasteiger partial charge in [-0.15, -0.1) is 0 Å². The van der Waals surface area contributed by atoms with Gasteiger partial charge in [-0.05, 0) is 43.3 Å². The lowest BCUT2D eigenvalue weighted by molar-refractivity contribution is -0.137. The number of rotatable bonds is 3. The zero-order valence-electron chi connectivity index (χ0n) is 23.1. The van der Waals surface area contributed by atoms with E-state index in [1.165, 1.54) is 33.3 Å². The lowest BCUT2D eigenvalue weighted by atomic mass is 10.1. The summed E-state index contributed by atoms with van der Waals surface area (Å²) in [6, 6.07) is 10.9. The van der Waals surface area contributed by atoms with Crippen LogP contribution >= 0.6 is 0 Å². The van der Waals surface area contributed by atoms with E-state index < -0.39 is 29.8 Å². The number of pyridine rings is 1. The number of ether oxygens (including phenoxy) is 4. The van der Waals surface area contributed by atoms with Crippen LogP contribution in [0.5, 0.6) is 23.0 Å². The van der Waals surface area contributed by atoms with Crippen LogP contribution < -0.4 is 34.5 Å². The average molecular weight is 587 g/mol. The molecule has 4 bridgehead atoms. The van der Waals surface area contributed by atoms with E-state index in [1.807, 2.05) is 0 Å². The Kier molecular flexibility index (Phi) is 8.01. The molecule has 2 atom stereocenters. The Labute approximate surface area is 239 Å². The fourth-order valence-electron chi connectivity index (χ4n) is 4.86. The molecule has 3 aliphatic heterocycles. The van der Waals surface area contributed by atoms with E-state index in [0.29, 0.717) is 22.8 Å². The number of carbonyl (C=O) groups is 2. The van der Waals surface area contributed by atoms with Gasteiger partial charge in [0.15, 0.2) is 6.61 Å². The molecule has 2 amide bonds. The van der Waals surface area contributed by atoms with Gasteiger partial charge in [-0.3, -0.25) is 9.59 Å². The predicted molar refractivity (Wildman–Crippen MR) is 145 cm³/mol. The monoisotopic (exact) mass is 586 g/mol. The molecule has 0 radical (unpaired) electrons. The molecular formula is C29H29F3N4O6. The van der Waals surface area contributed by atoms with Crippen molar-refractivity contribution in [2.45, 2.75) is 31.8 Å². The minimum atomic E-state index is -4.54. The lowest BCUT2D eigenvalue weighted by Crippen LogP contribution is -2.45. The van der Waals surface area contributed by atoms with Crippen LogP contribution in [-0.4, -0.2) is 62.9 Å². The summed E-state index contributed by atoms with van der Waals surface area (Å²) in [6.45, 7) is 1.63. The number of fused-ring (bicyclic) bond motifs is 7. The van der Waals surface area contributed by atoms with Gasteiger partial charge in [0.05, 0.1) is 32.4 Å². The van der Waals surface area contributed by atoms with Crippen molar-refractivity contribution in [1.82, 2.24) is 15.6 Å². The van der Waals surface area contributed by atoms with Gasteiger partial charge in [-0.2, -0.15) is 13.2 Å². The van der Waals surface area contributed by atoms with Crippen LogP contribution in [0.15, 0.2) is 48.5 Å². The maximum absolute atomic E-state index is 13.6. The van der Waals surface area contributed by atoms with E-state index in [2.05, 4.69) is 15.6 Å². The number of alkyl halides is 3. The molecule has 0 saturated carbocycles. The van der Waals surface area contributed by atoms with Crippen LogP contribution in [0.4, 0.5) is 19.0 Å². The Morgan fingerprint density at radius 1 is 1.00 bits per heavy atom. The number of aryl methyl sites for hydroxylation is 1. The maximum atomic E-state index is 13.6. The van der Waals surface area contributed by atoms with Crippen molar-refractivity contribution >= 4 is 17.6 Å². The van der Waals surface area contributed by atoms with E-state index in [-0.39, 0.29) is 55.0 Å². The van der Waals surface area contributed by atoms with Gasteiger partial charge in [0.2, 0.25) is 0 Å². The third kappa shape index (κ3) is 6.45. The zero-order chi connectivity index (χ0) is 30.0. The van der Waals surface area contributed by atoms with Crippen LogP contribution in [0.25, 0.3) is 0 Å². The van der Waals surface area contributed by atoms with Gasteiger partial charge in [-0.1, -0.05) is 0 Å². The van der Waals surface area contributed by atoms with Gasteiger partial charge in [0, 0.05) is 42.0 Å². The molecule has 222 valence electrons. The highest BCUT2D eigenvalue weighted by molar-refractivity contribution is 5.95. The maximum Gasteiger partial charge on any atom is 0.416 e. The molecule has 6 rings (SSSR count). The molecule has 13 heteroatoms. The molecule has 3 aliphatic rings. The molecular weight excluding hydrogens is 557 g/mol. The molecule has 1 fully saturated rings. The van der Waals surface area contributed by atoms with Crippen LogP contribution in [0.1, 0.15) is 27.2 Å². The van der Waals surface area contributed by atoms with Gasteiger partial charge in [0.25, 0.3) is 11.8 Å². The van der Waals surface area contributed by atoms with Crippen LogP contribution in [0.3, 0.4) is 0 Å². The van der Waals surface area contributed by atoms with Crippen molar-refractivity contribution in [3.63, 3.8) is 0 Å². The third-order valence-electron chi connectivity index (χ3n) is 6.94. The molecule has 10 nitrogen and oxygen atoms in total. The van der Waals surface area contributed by atoms with Crippen molar-refractivity contribution in [2.75, 3.05) is 38.8 Å². The standard InChI is InChI=1S/C29H29F3N4O6/c1-16-6-19(29(30,31)32)9-26(34-16)36-13-23-25(14-36)42-20-5-4-17(24(11-20)40-3)12-33-27(37)15-41-22-8-18(28(38)35-23)7-21(10-22)39-2/h4-11,23,25H,12-15H2,1-3H3,(H,33,37)(H,35,38)/t23-,25-/m0/s1. The number of benzene rings is 2. The van der Waals surface area contributed by atoms with Gasteiger partial charge in [0.1, 0.15) is 34.9 Å². The van der Waals surface area contributed by atoms with Crippen LogP contribution in [0, 0.1) is 6.92 Å². The highest BCUT2D eigenvalue weighted by Crippen LogP contribution is 2.34. The SMILES string of the molecule is COc1cc2cc(c1)C(=O)N[C@H]1CN(c3cc(C(F)(F)F)cc(C)n3)C[C@@H]1Oc1ccc(c(OC)c1)CNC(=O)CO2. The minimum Gasteiger partial charge on any atom is -0.497 e. The fraction of sp³-hybridized carbons (Fsp3) is 0.345. The summed E-state index contributed by atoms with van der Waals surface area (Å²) in [5.41, 5.74) is 0.285. The Bertz CT molecular complexity index is 1500. The first-order valence-electron chi connectivity index (χ1n) is 13.1. The van der Waals surface area contributed by atoms with E-state index in [4.69, 9.17) is 18.9 Å². The van der Waals surface area contributed by atoms with Crippen molar-refractivity contribution in [1.29, 1.82) is 0 Å². The molecule has 4 heterocycles. The summed E-state index contributed by atoms with van der Waals surface area (Å²) < 4.78 is 63.4. The topological polar surface area (TPSA) is 111 Å². The molecule has 0 spiro atoms. The highest BCUT2D eigenvalue weighted by atomic mass is 19.4. The predicted octanol–water partition coefficient (Wildman–Crippen LogP) is 3.50. The fourth-order valence-corrected chi connectivity index (χ4v) is 4.86. The van der Waals surface area contributed by atoms with Crippen molar-refractivity contribution in [3.8, 4) is 23.0 Å². The summed E-state index contributed by atoms with van der Waals surface area (Å²) in [5.74, 6) is 0.693. The Morgan fingerprint density at radius 3 is 2.55 bits per heavy atom. The minimum absolute atomic E-state index is 0.121. The Balaban J connectivity index is 1.52. The summed E-state index contributed by atoms with van der Waals surface area (Å²) in [5, 5.41) is 5.71. The number of carbonyl (C=O) groups excluding carboxylic acids is 2. The van der Waals surface area contributed by atoms with Crippen LogP contribution in [-0.2, 0) is 17.5 Å². The summed E-state index contributed by atoms with van der Waals surface area (Å²) in [4.78, 5) is 31.9. The summed E-state index contributed by atoms with van der Waals surface area (Å²) in [6.07, 6.45) is -5.21. The first-order chi connectivity index (χ1) is 20.0. The second kappa shape index (κ2) is 11.7. The Morgan fingerprint density at radius 2 is 1.81 bits per heavy atom. The van der Waals surface area contributed by atoms with Gasteiger partial charge >= 0.3 is 6.18 Å². The largest absolute Gasteiger partial charge is 0.497 e. The van der Waals surface area contributed by atoms with Gasteiger partial charge in [-0.25, -0.2) is 4.98 Å². The third-order valence-corrected chi connectivity index (χ3v) is 6.94. The first kappa shape index (κ1) is 28.8. The summed E-state index contributed by atoms with van der Waals surface area (Å²) >= 11 is 0. The van der Waals surface area contributed by atoms with Crippen molar-refractivity contribution < 1.29 is 41.7 Å². The second-order valence-corrected chi connectivity index (χ2v) is 9.93. The average Bonchev–Trinajstić information content (AvgIpc) is 3.35. The van der Waals surface area contributed by atoms with Crippen molar-refractivity contribution in [3.05, 3.63) is 70.9 Å². The quantitative estimate of drug-likeness (QED) is 0.480. The number of halogens is 3. The highest BCUT2D eigenvalue weighted by Gasteiger charge is 2.38. The molecule has 1 saturated heterocycles. The number of amides is 2. The number of hydrogen-bond acceptors (Lipinski definition) is 8. The number of methoxy groups -OCH3 is 2. The second-order valence-electron chi connectivity index (χ2n) is 9.93. The molecule has 3 aromatic rings. The van der Waals surface area contributed by atoms with E-state index in [0.717, 1.165) is 12.1 Å². The zero-order valence-corrected chi connectivity index (χ0v) is 23.1.